The van der Waals surface area contributed by atoms with Crippen LogP contribution in [0.2, 0.25) is 0 Å². The first-order valence-corrected chi connectivity index (χ1v) is 20.7. The third kappa shape index (κ3) is 6.41. The number of aromatic nitrogens is 4. The fourth-order valence-corrected chi connectivity index (χ4v) is 10.7. The molecule has 6 N–H and O–H groups in total. The fourth-order valence-electron chi connectivity index (χ4n) is 6.94. The third-order valence-corrected chi connectivity index (χ3v) is 14.5. The third-order valence-electron chi connectivity index (χ3n) is 10.4. The first-order chi connectivity index (χ1) is 27.0. The van der Waals surface area contributed by atoms with Crippen LogP contribution < -0.4 is 22.1 Å². The van der Waals surface area contributed by atoms with Crippen molar-refractivity contribution in [3.63, 3.8) is 0 Å². The van der Waals surface area contributed by atoms with Gasteiger partial charge in [0.25, 0.3) is 17.7 Å². The molecule has 15 nitrogen and oxygen atoms in total. The highest BCUT2D eigenvalue weighted by atomic mass is 32.2. The highest BCUT2D eigenvalue weighted by Gasteiger charge is 2.41. The number of sulfonamides is 1. The molecular weight excluding hydrogens is 799 g/mol. The molecule has 294 valence electrons. The molecule has 2 fully saturated rings. The predicted molar refractivity (Wildman–Crippen MR) is 212 cm³/mol. The van der Waals surface area contributed by atoms with Gasteiger partial charge in [-0.3, -0.25) is 14.4 Å². The van der Waals surface area contributed by atoms with E-state index < -0.39 is 56.4 Å². The summed E-state index contributed by atoms with van der Waals surface area (Å²) in [5.74, 6) is -3.54. The van der Waals surface area contributed by atoms with E-state index >= 15 is 8.78 Å². The van der Waals surface area contributed by atoms with Crippen LogP contribution in [0.1, 0.15) is 52.2 Å². The van der Waals surface area contributed by atoms with Crippen molar-refractivity contribution in [1.82, 2.24) is 40.2 Å². The van der Waals surface area contributed by atoms with E-state index in [1.165, 1.54) is 29.2 Å². The summed E-state index contributed by atoms with van der Waals surface area (Å²) < 4.78 is 59.6. The van der Waals surface area contributed by atoms with Gasteiger partial charge >= 0.3 is 0 Å². The zero-order valence-electron chi connectivity index (χ0n) is 30.8. The van der Waals surface area contributed by atoms with Gasteiger partial charge in [0, 0.05) is 42.5 Å². The van der Waals surface area contributed by atoms with Crippen LogP contribution in [-0.2, 0) is 10.0 Å². The molecule has 8 rings (SSSR count). The van der Waals surface area contributed by atoms with Crippen molar-refractivity contribution in [2.24, 2.45) is 0 Å². The Bertz CT molecular complexity index is 2820. The molecule has 0 bridgehead atoms. The van der Waals surface area contributed by atoms with E-state index in [2.05, 4.69) is 31.0 Å². The Morgan fingerprint density at radius 1 is 0.754 bits per heavy atom. The second-order valence-corrected chi connectivity index (χ2v) is 17.9. The maximum absolute atomic E-state index is 15.6. The number of nitrogens with two attached hydrogens (primary N) is 2. The van der Waals surface area contributed by atoms with Gasteiger partial charge in [0.2, 0.25) is 10.0 Å². The molecule has 2 saturated heterocycles. The van der Waals surface area contributed by atoms with Gasteiger partial charge in [0.05, 0.1) is 40.4 Å². The molecule has 0 atom stereocenters. The first kappa shape index (κ1) is 38.2. The summed E-state index contributed by atoms with van der Waals surface area (Å²) in [4.78, 5) is 41.8. The quantitative estimate of drug-likeness (QED) is 0.171. The molecule has 0 unspecified atom stereocenters. The lowest BCUT2D eigenvalue weighted by Gasteiger charge is -2.39. The van der Waals surface area contributed by atoms with Gasteiger partial charge in [-0.05, 0) is 62.6 Å². The largest absolute Gasteiger partial charge is 0.397 e. The number of carbonyl (C=O) groups excluding carboxylic acids is 3. The molecule has 3 amide bonds. The van der Waals surface area contributed by atoms with Crippen LogP contribution in [0.25, 0.3) is 31.6 Å². The minimum Gasteiger partial charge on any atom is -0.397 e. The van der Waals surface area contributed by atoms with Crippen LogP contribution in [0.3, 0.4) is 0 Å². The van der Waals surface area contributed by atoms with E-state index in [-0.39, 0.29) is 58.3 Å². The number of halogens is 2. The number of amides is 3. The van der Waals surface area contributed by atoms with E-state index in [1.807, 2.05) is 13.8 Å². The lowest BCUT2D eigenvalue weighted by molar-refractivity contribution is 0.0539. The number of carbonyl (C=O) groups is 3. The lowest BCUT2D eigenvalue weighted by atomic mass is 10.0. The average molecular weight is 833 g/mol. The number of rotatable bonds is 8. The zero-order chi connectivity index (χ0) is 40.7. The number of aryl methyl sites for hydroxylation is 4. The second kappa shape index (κ2) is 14.0. The Morgan fingerprint density at radius 2 is 1.28 bits per heavy atom. The summed E-state index contributed by atoms with van der Waals surface area (Å²) in [5.41, 5.74) is 15.8. The van der Waals surface area contributed by atoms with E-state index in [0.717, 1.165) is 50.2 Å². The Balaban J connectivity index is 0.923. The van der Waals surface area contributed by atoms with E-state index in [1.54, 1.807) is 13.8 Å². The summed E-state index contributed by atoms with van der Waals surface area (Å²) in [5, 5.41) is 23.4. The van der Waals surface area contributed by atoms with Gasteiger partial charge in [-0.25, -0.2) is 17.2 Å². The van der Waals surface area contributed by atoms with Crippen molar-refractivity contribution in [3.05, 3.63) is 85.9 Å². The van der Waals surface area contributed by atoms with Gasteiger partial charge in [-0.15, -0.1) is 32.9 Å². The highest BCUT2D eigenvalue weighted by Crippen LogP contribution is 2.38. The smallest absolute Gasteiger partial charge is 0.263 e. The molecule has 0 spiro atoms. The number of nitrogens with one attached hydrogen (secondary N) is 2. The number of benzene rings is 2. The summed E-state index contributed by atoms with van der Waals surface area (Å²) >= 11 is 2.20. The highest BCUT2D eigenvalue weighted by molar-refractivity contribution is 7.89. The SMILES string of the molecule is Cc1nnc2sc(C(=O)NC3CN(C(=O)c4ccc(-c5cccc(F)c5S(=O)(=O)N5CC(NC(=O)c6sc7nnc(C)c(C)c7c6N)C5)cc4F)C3)c(N)c2c1C. The van der Waals surface area contributed by atoms with Gasteiger partial charge < -0.3 is 27.0 Å². The van der Waals surface area contributed by atoms with Crippen molar-refractivity contribution >= 4 is 82.2 Å². The normalized spacial score (nSPS) is 15.2. The predicted octanol–water partition coefficient (Wildman–Crippen LogP) is 4.10. The van der Waals surface area contributed by atoms with Crippen molar-refractivity contribution < 1.29 is 31.6 Å². The van der Waals surface area contributed by atoms with Crippen LogP contribution >= 0.6 is 22.7 Å². The van der Waals surface area contributed by atoms with Gasteiger partial charge in [0.1, 0.15) is 35.9 Å². The van der Waals surface area contributed by atoms with Crippen molar-refractivity contribution in [2.45, 2.75) is 44.7 Å². The minimum absolute atomic E-state index is 0.0335. The number of anilines is 2. The number of hydrogen-bond acceptors (Lipinski definition) is 13. The molecule has 0 aliphatic carbocycles. The fraction of sp³-hybridized carbons (Fsp3) is 0.270. The van der Waals surface area contributed by atoms with Crippen molar-refractivity contribution in [3.8, 4) is 11.1 Å². The average Bonchev–Trinajstić information content (AvgIpc) is 3.66. The standard InChI is InChI=1S/C37H34F2N10O5S3/c1-15-17(3)44-46-35-26(15)28(40)30(55-35)33(50)42-20-11-48(12-20)37(52)23-9-8-19(10-25(23)39)22-6-5-7-24(38)32(22)57(53,54)49-13-21(14-49)43-34(51)31-29(41)27-16(2)18(4)45-47-36(27)56-31/h5-10,20-21H,11-14,40-41H2,1-4H3,(H,42,50)(H,43,51). The summed E-state index contributed by atoms with van der Waals surface area (Å²) in [6.45, 7) is 7.22. The maximum atomic E-state index is 15.6. The topological polar surface area (TPSA) is 219 Å². The molecule has 0 saturated carbocycles. The molecule has 6 aromatic rings. The van der Waals surface area contributed by atoms with Crippen LogP contribution in [0, 0.1) is 39.3 Å². The Morgan fingerprint density at radius 3 is 1.81 bits per heavy atom. The molecule has 6 heterocycles. The van der Waals surface area contributed by atoms with Crippen molar-refractivity contribution in [2.75, 3.05) is 37.6 Å². The number of nitrogen functional groups attached to an aromatic ring is 2. The molecule has 2 aromatic carbocycles. The zero-order valence-corrected chi connectivity index (χ0v) is 33.3. The van der Waals surface area contributed by atoms with E-state index in [4.69, 9.17) is 11.5 Å². The monoisotopic (exact) mass is 832 g/mol. The van der Waals surface area contributed by atoms with E-state index in [9.17, 15) is 22.8 Å². The Kier molecular flexibility index (Phi) is 9.41. The molecule has 2 aliphatic heterocycles. The number of nitrogens with zero attached hydrogens (tertiary/aromatic N) is 6. The molecule has 2 aliphatic rings. The van der Waals surface area contributed by atoms with Crippen LogP contribution in [0.4, 0.5) is 20.2 Å². The maximum Gasteiger partial charge on any atom is 0.263 e. The number of likely N-dealkylation sites (tertiary alicyclic amines) is 1. The molecule has 20 heteroatoms. The lowest BCUT2D eigenvalue weighted by Crippen LogP contribution is -2.61. The number of hydrogen-bond donors (Lipinski definition) is 4. The van der Waals surface area contributed by atoms with Gasteiger partial charge in [-0.1, -0.05) is 18.2 Å². The summed E-state index contributed by atoms with van der Waals surface area (Å²) in [6.07, 6.45) is 0. The molecule has 4 aromatic heterocycles. The van der Waals surface area contributed by atoms with Crippen LogP contribution in [-0.4, -0.2) is 94.0 Å². The number of thiophene rings is 2. The molecular formula is C37H34F2N10O5S3. The number of fused-ring (bicyclic) bond motifs is 2. The molecule has 0 radical (unpaired) electrons. The Labute approximate surface area is 332 Å². The Hall–Kier alpha value is -5.70. The van der Waals surface area contributed by atoms with E-state index in [0.29, 0.717) is 37.5 Å². The summed E-state index contributed by atoms with van der Waals surface area (Å²) in [7, 11) is -4.46. The summed E-state index contributed by atoms with van der Waals surface area (Å²) in [6, 6.07) is 6.20. The minimum atomic E-state index is -4.46. The van der Waals surface area contributed by atoms with Gasteiger partial charge in [-0.2, -0.15) is 14.5 Å². The van der Waals surface area contributed by atoms with Gasteiger partial charge in [0.15, 0.2) is 0 Å². The van der Waals surface area contributed by atoms with Crippen molar-refractivity contribution in [1.29, 1.82) is 0 Å². The van der Waals surface area contributed by atoms with Crippen LogP contribution in [0.5, 0.6) is 0 Å². The van der Waals surface area contributed by atoms with Crippen LogP contribution in [0.15, 0.2) is 41.3 Å². The molecule has 57 heavy (non-hydrogen) atoms. The first-order valence-electron chi connectivity index (χ1n) is 17.6. The second-order valence-electron chi connectivity index (χ2n) is 14.1.